The molecule has 2 rings (SSSR count). The lowest BCUT2D eigenvalue weighted by Crippen LogP contribution is -2.17. The molecule has 1 aliphatic carbocycles. The van der Waals surface area contributed by atoms with Crippen molar-refractivity contribution in [1.82, 2.24) is 0 Å². The van der Waals surface area contributed by atoms with Gasteiger partial charge in [0.2, 0.25) is 0 Å². The normalized spacial score (nSPS) is 26.6. The van der Waals surface area contributed by atoms with Gasteiger partial charge in [0.25, 0.3) is 0 Å². The van der Waals surface area contributed by atoms with Gasteiger partial charge in [-0.25, -0.2) is 0 Å². The predicted molar refractivity (Wildman–Crippen MR) is 67.9 cm³/mol. The van der Waals surface area contributed by atoms with E-state index < -0.39 is 0 Å². The molecule has 1 fully saturated rings. The Labute approximate surface area is 103 Å². The molecule has 0 radical (unpaired) electrons. The van der Waals surface area contributed by atoms with Crippen LogP contribution in [-0.4, -0.2) is 12.6 Å². The van der Waals surface area contributed by atoms with Crippen molar-refractivity contribution < 1.29 is 9.53 Å². The Balaban J connectivity index is 2.08. The fourth-order valence-electron chi connectivity index (χ4n) is 2.36. The van der Waals surface area contributed by atoms with E-state index in [1.54, 1.807) is 0 Å². The third-order valence-electron chi connectivity index (χ3n) is 3.77. The summed E-state index contributed by atoms with van der Waals surface area (Å²) in [6.45, 7) is 6.48. The van der Waals surface area contributed by atoms with E-state index in [4.69, 9.17) is 4.74 Å². The Kier molecular flexibility index (Phi) is 3.23. The van der Waals surface area contributed by atoms with Crippen LogP contribution >= 0.6 is 0 Å². The molecular weight excluding hydrogens is 212 g/mol. The van der Waals surface area contributed by atoms with Gasteiger partial charge in [-0.15, -0.1) is 0 Å². The molecule has 0 amide bonds. The monoisotopic (exact) mass is 232 g/mol. The van der Waals surface area contributed by atoms with Crippen molar-refractivity contribution in [2.75, 3.05) is 6.61 Å². The Bertz CT molecular complexity index is 407. The quantitative estimate of drug-likeness (QED) is 0.744. The van der Waals surface area contributed by atoms with Gasteiger partial charge in [0.05, 0.1) is 12.0 Å². The van der Waals surface area contributed by atoms with E-state index in [9.17, 15) is 4.79 Å². The van der Waals surface area contributed by atoms with Gasteiger partial charge in [0.1, 0.15) is 0 Å². The number of aryl methyl sites for hydroxylation is 1. The van der Waals surface area contributed by atoms with Crippen LogP contribution < -0.4 is 0 Å². The largest absolute Gasteiger partial charge is 0.466 e. The second-order valence-corrected chi connectivity index (χ2v) is 4.99. The number of hydrogen-bond donors (Lipinski definition) is 0. The number of benzene rings is 1. The van der Waals surface area contributed by atoms with Crippen LogP contribution in [0.1, 0.15) is 44.2 Å². The zero-order chi connectivity index (χ0) is 12.5. The van der Waals surface area contributed by atoms with Gasteiger partial charge in [-0.1, -0.05) is 31.2 Å². The van der Waals surface area contributed by atoms with Crippen molar-refractivity contribution in [3.8, 4) is 0 Å². The molecule has 17 heavy (non-hydrogen) atoms. The van der Waals surface area contributed by atoms with E-state index in [0.29, 0.717) is 12.5 Å². The molecule has 0 N–H and O–H groups in total. The highest BCUT2D eigenvalue weighted by atomic mass is 16.5. The number of carbonyl (C=O) groups is 1. The van der Waals surface area contributed by atoms with Gasteiger partial charge < -0.3 is 4.74 Å². The molecule has 2 atom stereocenters. The molecule has 0 heterocycles. The third-order valence-corrected chi connectivity index (χ3v) is 3.77. The first kappa shape index (κ1) is 12.2. The highest BCUT2D eigenvalue weighted by molar-refractivity contribution is 5.81. The number of rotatable bonds is 4. The highest BCUT2D eigenvalue weighted by Crippen LogP contribution is 2.59. The molecule has 1 aliphatic rings. The van der Waals surface area contributed by atoms with Crippen LogP contribution in [0.4, 0.5) is 0 Å². The van der Waals surface area contributed by atoms with Crippen molar-refractivity contribution in [3.05, 3.63) is 35.4 Å². The standard InChI is InChI=1S/C15H20O2/c1-4-11-6-8-12(9-7-11)13-10-15(13,3)14(16)17-5-2/h6-9,13H,4-5,10H2,1-3H3. The van der Waals surface area contributed by atoms with E-state index in [-0.39, 0.29) is 11.4 Å². The molecule has 0 bridgehead atoms. The Hall–Kier alpha value is -1.31. The van der Waals surface area contributed by atoms with Gasteiger partial charge in [-0.05, 0) is 37.8 Å². The van der Waals surface area contributed by atoms with Crippen molar-refractivity contribution in [1.29, 1.82) is 0 Å². The maximum absolute atomic E-state index is 11.8. The highest BCUT2D eigenvalue weighted by Gasteiger charge is 2.57. The summed E-state index contributed by atoms with van der Waals surface area (Å²) in [6.07, 6.45) is 1.97. The van der Waals surface area contributed by atoms with Crippen molar-refractivity contribution in [2.24, 2.45) is 5.41 Å². The summed E-state index contributed by atoms with van der Waals surface area (Å²) in [4.78, 5) is 11.8. The first-order valence-electron chi connectivity index (χ1n) is 6.38. The van der Waals surface area contributed by atoms with Gasteiger partial charge >= 0.3 is 5.97 Å². The van der Waals surface area contributed by atoms with Gasteiger partial charge in [-0.3, -0.25) is 4.79 Å². The molecule has 92 valence electrons. The fraction of sp³-hybridized carbons (Fsp3) is 0.533. The minimum absolute atomic E-state index is 0.0513. The average molecular weight is 232 g/mol. The third kappa shape index (κ3) is 2.21. The number of esters is 1. The van der Waals surface area contributed by atoms with E-state index in [0.717, 1.165) is 12.8 Å². The van der Waals surface area contributed by atoms with Gasteiger partial charge in [0, 0.05) is 5.92 Å². The van der Waals surface area contributed by atoms with E-state index in [1.165, 1.54) is 11.1 Å². The maximum atomic E-state index is 11.8. The lowest BCUT2D eigenvalue weighted by molar-refractivity contribution is -0.149. The Morgan fingerprint density at radius 2 is 2.00 bits per heavy atom. The van der Waals surface area contributed by atoms with Crippen molar-refractivity contribution in [2.45, 2.75) is 39.5 Å². The molecule has 2 nitrogen and oxygen atoms in total. The lowest BCUT2D eigenvalue weighted by atomic mass is 10.00. The molecule has 1 aromatic carbocycles. The van der Waals surface area contributed by atoms with E-state index in [2.05, 4.69) is 31.2 Å². The summed E-state index contributed by atoms with van der Waals surface area (Å²) in [5, 5.41) is 0. The summed E-state index contributed by atoms with van der Waals surface area (Å²) in [6, 6.07) is 8.60. The first-order valence-corrected chi connectivity index (χ1v) is 6.38. The van der Waals surface area contributed by atoms with E-state index in [1.807, 2.05) is 13.8 Å². The minimum Gasteiger partial charge on any atom is -0.466 e. The molecule has 0 aliphatic heterocycles. The summed E-state index contributed by atoms with van der Waals surface area (Å²) in [5.74, 6) is 0.289. The van der Waals surface area contributed by atoms with Crippen LogP contribution in [0.3, 0.4) is 0 Å². The zero-order valence-electron chi connectivity index (χ0n) is 10.8. The van der Waals surface area contributed by atoms with Crippen molar-refractivity contribution in [3.63, 3.8) is 0 Å². The lowest BCUT2D eigenvalue weighted by Gasteiger charge is -2.10. The van der Waals surface area contributed by atoms with Crippen LogP contribution in [0.15, 0.2) is 24.3 Å². The van der Waals surface area contributed by atoms with E-state index >= 15 is 0 Å². The zero-order valence-corrected chi connectivity index (χ0v) is 10.8. The second kappa shape index (κ2) is 4.52. The molecule has 1 aromatic rings. The summed E-state index contributed by atoms with van der Waals surface area (Å²) < 4.78 is 5.13. The SMILES string of the molecule is CCOC(=O)C1(C)CC1c1ccc(CC)cc1. The summed E-state index contributed by atoms with van der Waals surface area (Å²) >= 11 is 0. The van der Waals surface area contributed by atoms with Crippen LogP contribution in [0, 0.1) is 5.41 Å². The van der Waals surface area contributed by atoms with Crippen LogP contribution in [0.25, 0.3) is 0 Å². The van der Waals surface area contributed by atoms with Crippen LogP contribution in [-0.2, 0) is 16.0 Å². The van der Waals surface area contributed by atoms with Crippen LogP contribution in [0.5, 0.6) is 0 Å². The number of ether oxygens (including phenoxy) is 1. The number of hydrogen-bond acceptors (Lipinski definition) is 2. The van der Waals surface area contributed by atoms with Crippen LogP contribution in [0.2, 0.25) is 0 Å². The van der Waals surface area contributed by atoms with Gasteiger partial charge in [-0.2, -0.15) is 0 Å². The Morgan fingerprint density at radius 1 is 1.35 bits per heavy atom. The molecule has 1 saturated carbocycles. The Morgan fingerprint density at radius 3 is 2.53 bits per heavy atom. The molecular formula is C15H20O2. The molecule has 0 aromatic heterocycles. The fourth-order valence-corrected chi connectivity index (χ4v) is 2.36. The molecule has 0 saturated heterocycles. The molecule has 2 unspecified atom stereocenters. The minimum atomic E-state index is -0.288. The summed E-state index contributed by atoms with van der Waals surface area (Å²) in [5.41, 5.74) is 2.31. The second-order valence-electron chi connectivity index (χ2n) is 4.99. The molecule has 2 heteroatoms. The summed E-state index contributed by atoms with van der Waals surface area (Å²) in [7, 11) is 0. The van der Waals surface area contributed by atoms with Gasteiger partial charge in [0.15, 0.2) is 0 Å². The molecule has 0 spiro atoms. The first-order chi connectivity index (χ1) is 8.11. The maximum Gasteiger partial charge on any atom is 0.312 e. The number of carbonyl (C=O) groups excluding carboxylic acids is 1. The smallest absolute Gasteiger partial charge is 0.312 e. The average Bonchev–Trinajstić information content (AvgIpc) is 3.04. The predicted octanol–water partition coefficient (Wildman–Crippen LogP) is 3.31. The topological polar surface area (TPSA) is 26.3 Å². The van der Waals surface area contributed by atoms with Crippen molar-refractivity contribution >= 4 is 5.97 Å².